The summed E-state index contributed by atoms with van der Waals surface area (Å²) >= 11 is 3.39. The van der Waals surface area contributed by atoms with Gasteiger partial charge in [-0.3, -0.25) is 0 Å². The van der Waals surface area contributed by atoms with Crippen molar-refractivity contribution >= 4 is 31.3 Å². The van der Waals surface area contributed by atoms with Crippen LogP contribution in [0.25, 0.3) is 0 Å². The molecule has 0 aromatic heterocycles. The summed E-state index contributed by atoms with van der Waals surface area (Å²) < 4.78 is 22.1. The lowest BCUT2D eigenvalue weighted by Gasteiger charge is -2.18. The topological polar surface area (TPSA) is 38.7 Å². The van der Waals surface area contributed by atoms with Crippen molar-refractivity contribution in [1.82, 2.24) is 0 Å². The lowest BCUT2D eigenvalue weighted by atomic mass is 10.3. The third kappa shape index (κ3) is 2.34. The van der Waals surface area contributed by atoms with Crippen LogP contribution in [-0.4, -0.2) is 22.8 Å². The molecule has 0 N–H and O–H groups in total. The number of ether oxygens (including phenoxy) is 1. The van der Waals surface area contributed by atoms with Crippen LogP contribution in [0.15, 0.2) is 27.0 Å². The molecule has 82 valence electrons. The van der Waals surface area contributed by atoms with E-state index in [9.17, 15) is 4.21 Å². The Hall–Kier alpha value is -0.550. The van der Waals surface area contributed by atoms with E-state index in [0.717, 1.165) is 33.8 Å². The maximum absolute atomic E-state index is 11.9. The minimum absolute atomic E-state index is 0.728. The first-order valence-electron chi connectivity index (χ1n) is 4.69. The molecule has 5 heteroatoms. The maximum Gasteiger partial charge on any atom is 0.120 e. The van der Waals surface area contributed by atoms with Crippen LogP contribution in [0.3, 0.4) is 0 Å². The Labute approximate surface area is 98.1 Å². The molecule has 1 heterocycles. The largest absolute Gasteiger partial charge is 0.497 e. The number of hydrogen-bond donors (Lipinski definition) is 0. The van der Waals surface area contributed by atoms with Crippen LogP contribution in [0.4, 0.5) is 5.69 Å². The number of halogens is 1. The van der Waals surface area contributed by atoms with Crippen molar-refractivity contribution in [3.8, 4) is 5.75 Å². The highest BCUT2D eigenvalue weighted by molar-refractivity contribution is 9.10. The Kier molecular flexibility index (Phi) is 3.02. The van der Waals surface area contributed by atoms with Crippen LogP contribution in [-0.2, 0) is 9.73 Å². The van der Waals surface area contributed by atoms with E-state index in [4.69, 9.17) is 4.74 Å². The molecule has 1 aliphatic heterocycles. The van der Waals surface area contributed by atoms with Crippen molar-refractivity contribution in [2.45, 2.75) is 6.42 Å². The van der Waals surface area contributed by atoms with Crippen molar-refractivity contribution in [3.05, 3.63) is 22.7 Å². The third-order valence-electron chi connectivity index (χ3n) is 2.35. The van der Waals surface area contributed by atoms with E-state index in [1.54, 1.807) is 7.11 Å². The quantitative estimate of drug-likeness (QED) is 0.840. The fraction of sp³-hybridized carbons (Fsp3) is 0.400. The van der Waals surface area contributed by atoms with Crippen molar-refractivity contribution < 1.29 is 8.95 Å². The van der Waals surface area contributed by atoms with Crippen LogP contribution >= 0.6 is 15.9 Å². The van der Waals surface area contributed by atoms with Gasteiger partial charge < -0.3 is 4.74 Å². The summed E-state index contributed by atoms with van der Waals surface area (Å²) in [6.07, 6.45) is 1.02. The fourth-order valence-corrected chi connectivity index (χ4v) is 3.40. The molecule has 0 unspecified atom stereocenters. The van der Waals surface area contributed by atoms with E-state index in [0.29, 0.717) is 0 Å². The molecule has 1 aromatic carbocycles. The Balaban J connectivity index is 2.38. The van der Waals surface area contributed by atoms with Gasteiger partial charge in [0.25, 0.3) is 0 Å². The van der Waals surface area contributed by atoms with Crippen molar-refractivity contribution in [2.75, 3.05) is 18.6 Å². The zero-order valence-electron chi connectivity index (χ0n) is 8.40. The molecular formula is C10H12BrNO2S. The lowest BCUT2D eigenvalue weighted by Crippen LogP contribution is -2.22. The standard InChI is InChI=1S/C10H12BrNO2S/c1-14-8-3-4-10(9(11)7-8)12-15(13)5-2-6-15/h3-4,7H,2,5-6H2,1H3. The molecule has 1 aliphatic rings. The average molecular weight is 290 g/mol. The number of hydrogen-bond acceptors (Lipinski definition) is 3. The van der Waals surface area contributed by atoms with Crippen LogP contribution in [0.2, 0.25) is 0 Å². The summed E-state index contributed by atoms with van der Waals surface area (Å²) in [6, 6.07) is 5.49. The van der Waals surface area contributed by atoms with Gasteiger partial charge in [0.1, 0.15) is 5.75 Å². The highest BCUT2D eigenvalue weighted by atomic mass is 79.9. The second kappa shape index (κ2) is 4.14. The first-order valence-corrected chi connectivity index (χ1v) is 7.34. The molecular weight excluding hydrogens is 278 g/mol. The van der Waals surface area contributed by atoms with Crippen LogP contribution in [0, 0.1) is 0 Å². The highest BCUT2D eigenvalue weighted by Crippen LogP contribution is 2.32. The van der Waals surface area contributed by atoms with Gasteiger partial charge in [-0.25, -0.2) is 4.21 Å². The lowest BCUT2D eigenvalue weighted by molar-refractivity contribution is 0.414. The Bertz CT molecular complexity index is 482. The normalized spacial score (nSPS) is 18.0. The average Bonchev–Trinajstić information content (AvgIpc) is 2.18. The molecule has 2 rings (SSSR count). The fourth-order valence-electron chi connectivity index (χ4n) is 1.35. The first kappa shape index (κ1) is 11.0. The van der Waals surface area contributed by atoms with Gasteiger partial charge in [-0.2, -0.15) is 4.36 Å². The van der Waals surface area contributed by atoms with Gasteiger partial charge in [-0.15, -0.1) is 0 Å². The van der Waals surface area contributed by atoms with Gasteiger partial charge in [0.2, 0.25) is 0 Å². The molecule has 0 radical (unpaired) electrons. The van der Waals surface area contributed by atoms with Gasteiger partial charge in [-0.05, 0) is 40.5 Å². The predicted octanol–water partition coefficient (Wildman–Crippen LogP) is 2.96. The van der Waals surface area contributed by atoms with Gasteiger partial charge in [0, 0.05) is 16.0 Å². The van der Waals surface area contributed by atoms with Gasteiger partial charge in [0.05, 0.1) is 22.5 Å². The monoisotopic (exact) mass is 289 g/mol. The van der Waals surface area contributed by atoms with E-state index in [-0.39, 0.29) is 0 Å². The maximum atomic E-state index is 11.9. The molecule has 0 spiro atoms. The number of nitrogens with zero attached hydrogens (tertiary/aromatic N) is 1. The van der Waals surface area contributed by atoms with E-state index in [1.165, 1.54) is 0 Å². The molecule has 0 aliphatic carbocycles. The predicted molar refractivity (Wildman–Crippen MR) is 65.3 cm³/mol. The molecule has 15 heavy (non-hydrogen) atoms. The molecule has 1 aromatic rings. The number of rotatable bonds is 2. The van der Waals surface area contributed by atoms with Crippen molar-refractivity contribution in [1.29, 1.82) is 0 Å². The van der Waals surface area contributed by atoms with Gasteiger partial charge >= 0.3 is 0 Å². The smallest absolute Gasteiger partial charge is 0.120 e. The summed E-state index contributed by atoms with van der Waals surface area (Å²) in [7, 11) is -0.314. The van der Waals surface area contributed by atoms with E-state index >= 15 is 0 Å². The molecule has 0 atom stereocenters. The molecule has 1 saturated heterocycles. The minimum Gasteiger partial charge on any atom is -0.497 e. The van der Waals surface area contributed by atoms with Crippen molar-refractivity contribution in [3.63, 3.8) is 0 Å². The second-order valence-corrected chi connectivity index (χ2v) is 6.84. The summed E-state index contributed by atoms with van der Waals surface area (Å²) in [5.41, 5.74) is 0.750. The molecule has 0 amide bonds. The van der Waals surface area contributed by atoms with Gasteiger partial charge in [-0.1, -0.05) is 0 Å². The van der Waals surface area contributed by atoms with Crippen molar-refractivity contribution in [2.24, 2.45) is 4.36 Å². The SMILES string of the molecule is COc1ccc(N=S2(=O)CCC2)c(Br)c1. The van der Waals surface area contributed by atoms with E-state index < -0.39 is 9.73 Å². The minimum atomic E-state index is -1.93. The zero-order chi connectivity index (χ0) is 10.9. The Morgan fingerprint density at radius 3 is 2.67 bits per heavy atom. The third-order valence-corrected chi connectivity index (χ3v) is 5.36. The summed E-state index contributed by atoms with van der Waals surface area (Å²) in [6.45, 7) is 0. The molecule has 1 fully saturated rings. The zero-order valence-corrected chi connectivity index (χ0v) is 10.8. The molecule has 0 bridgehead atoms. The summed E-state index contributed by atoms with van der Waals surface area (Å²) in [5, 5.41) is 0. The van der Waals surface area contributed by atoms with Crippen LogP contribution < -0.4 is 4.74 Å². The number of benzene rings is 1. The number of methoxy groups -OCH3 is 1. The second-order valence-electron chi connectivity index (χ2n) is 3.44. The molecule has 0 saturated carbocycles. The van der Waals surface area contributed by atoms with Crippen LogP contribution in [0.1, 0.15) is 6.42 Å². The summed E-state index contributed by atoms with van der Waals surface area (Å²) in [4.78, 5) is 0. The first-order chi connectivity index (χ1) is 7.13. The Morgan fingerprint density at radius 2 is 2.20 bits per heavy atom. The Morgan fingerprint density at radius 1 is 1.47 bits per heavy atom. The van der Waals surface area contributed by atoms with E-state index in [2.05, 4.69) is 20.3 Å². The highest BCUT2D eigenvalue weighted by Gasteiger charge is 2.19. The van der Waals surface area contributed by atoms with Crippen LogP contribution in [0.5, 0.6) is 5.75 Å². The van der Waals surface area contributed by atoms with Gasteiger partial charge in [0.15, 0.2) is 0 Å². The molecule has 3 nitrogen and oxygen atoms in total. The van der Waals surface area contributed by atoms with E-state index in [1.807, 2.05) is 18.2 Å². The summed E-state index contributed by atoms with van der Waals surface area (Å²) in [5.74, 6) is 2.22.